The number of rotatable bonds is 7. The van der Waals surface area contributed by atoms with Gasteiger partial charge >= 0.3 is 5.97 Å². The van der Waals surface area contributed by atoms with Crippen LogP contribution in [-0.4, -0.2) is 40.5 Å². The molecule has 0 saturated carbocycles. The summed E-state index contributed by atoms with van der Waals surface area (Å²) in [6, 6.07) is 5.49. The number of allylic oxidation sites excluding steroid dienone is 3. The van der Waals surface area contributed by atoms with Gasteiger partial charge in [-0.3, -0.25) is 4.79 Å². The van der Waals surface area contributed by atoms with Crippen molar-refractivity contribution in [2.24, 2.45) is 0 Å². The van der Waals surface area contributed by atoms with E-state index in [1.54, 1.807) is 24.4 Å². The normalized spacial score (nSPS) is 13.5. The van der Waals surface area contributed by atoms with Crippen molar-refractivity contribution < 1.29 is 19.7 Å². The highest BCUT2D eigenvalue weighted by Gasteiger charge is 2.13. The minimum absolute atomic E-state index is 0.229. The summed E-state index contributed by atoms with van der Waals surface area (Å²) in [7, 11) is 1.32. The van der Waals surface area contributed by atoms with Gasteiger partial charge in [0.25, 0.3) is 0 Å². The quantitative estimate of drug-likeness (QED) is 0.454. The molecule has 0 saturated heterocycles. The lowest BCUT2D eigenvalue weighted by atomic mass is 10.1. The number of pyridine rings is 1. The molecule has 0 bridgehead atoms. The number of aliphatic hydroxyl groups is 2. The van der Waals surface area contributed by atoms with Crippen molar-refractivity contribution in [3.05, 3.63) is 54.4 Å². The summed E-state index contributed by atoms with van der Waals surface area (Å²) in [4.78, 5) is 15.0. The van der Waals surface area contributed by atoms with Crippen LogP contribution in [0.4, 0.5) is 0 Å². The van der Waals surface area contributed by atoms with E-state index in [2.05, 4.69) is 21.6 Å². The summed E-state index contributed by atoms with van der Waals surface area (Å²) in [5.41, 5.74) is 0.683. The molecule has 0 aliphatic heterocycles. The van der Waals surface area contributed by atoms with Crippen LogP contribution >= 0.6 is 0 Å². The molecular formula is C18H21NO4. The molecule has 0 aliphatic rings. The molecule has 0 aromatic carbocycles. The van der Waals surface area contributed by atoms with Crippen LogP contribution in [0, 0.1) is 11.8 Å². The van der Waals surface area contributed by atoms with Gasteiger partial charge in [0.2, 0.25) is 0 Å². The molecule has 122 valence electrons. The second kappa shape index (κ2) is 11.2. The Labute approximate surface area is 136 Å². The highest BCUT2D eigenvalue weighted by atomic mass is 16.5. The monoisotopic (exact) mass is 315 g/mol. The van der Waals surface area contributed by atoms with Gasteiger partial charge in [-0.2, -0.15) is 0 Å². The second-order valence-electron chi connectivity index (χ2n) is 4.75. The highest BCUT2D eigenvalue weighted by molar-refractivity contribution is 5.68. The van der Waals surface area contributed by atoms with Gasteiger partial charge in [0.05, 0.1) is 19.3 Å². The third-order valence-corrected chi connectivity index (χ3v) is 2.97. The van der Waals surface area contributed by atoms with Crippen LogP contribution in [-0.2, 0) is 9.53 Å². The van der Waals surface area contributed by atoms with Crippen molar-refractivity contribution in [1.82, 2.24) is 4.98 Å². The van der Waals surface area contributed by atoms with E-state index in [9.17, 15) is 15.0 Å². The Hall–Kier alpha value is -2.42. The highest BCUT2D eigenvalue weighted by Crippen LogP contribution is 2.07. The lowest BCUT2D eigenvalue weighted by Crippen LogP contribution is -2.23. The molecule has 1 heterocycles. The van der Waals surface area contributed by atoms with Crippen LogP contribution < -0.4 is 0 Å². The predicted octanol–water partition coefficient (Wildman–Crippen LogP) is 1.61. The first-order chi connectivity index (χ1) is 11.1. The average molecular weight is 315 g/mol. The van der Waals surface area contributed by atoms with Crippen LogP contribution in [0.5, 0.6) is 0 Å². The fourth-order valence-electron chi connectivity index (χ4n) is 1.69. The fourth-order valence-corrected chi connectivity index (χ4v) is 1.69. The molecule has 5 nitrogen and oxygen atoms in total. The summed E-state index contributed by atoms with van der Waals surface area (Å²) < 4.78 is 4.50. The number of aromatic nitrogens is 1. The van der Waals surface area contributed by atoms with E-state index < -0.39 is 12.2 Å². The topological polar surface area (TPSA) is 79.7 Å². The minimum atomic E-state index is -0.985. The molecule has 5 heteroatoms. The van der Waals surface area contributed by atoms with E-state index in [4.69, 9.17) is 0 Å². The van der Waals surface area contributed by atoms with E-state index >= 15 is 0 Å². The molecule has 23 heavy (non-hydrogen) atoms. The van der Waals surface area contributed by atoms with Crippen LogP contribution in [0.15, 0.2) is 48.7 Å². The average Bonchev–Trinajstić information content (AvgIpc) is 2.58. The maximum Gasteiger partial charge on any atom is 0.305 e. The van der Waals surface area contributed by atoms with Gasteiger partial charge in [0, 0.05) is 12.6 Å². The van der Waals surface area contributed by atoms with Gasteiger partial charge in [-0.25, -0.2) is 4.98 Å². The van der Waals surface area contributed by atoms with Gasteiger partial charge in [-0.15, -0.1) is 0 Å². The zero-order valence-electron chi connectivity index (χ0n) is 13.1. The maximum absolute atomic E-state index is 10.9. The number of hydrogen-bond donors (Lipinski definition) is 2. The summed E-state index contributed by atoms with van der Waals surface area (Å²) >= 11 is 0. The molecule has 0 spiro atoms. The zero-order chi connectivity index (χ0) is 16.9. The first kappa shape index (κ1) is 18.6. The number of hydrogen-bond acceptors (Lipinski definition) is 5. The van der Waals surface area contributed by atoms with Gasteiger partial charge in [-0.1, -0.05) is 30.2 Å². The third-order valence-electron chi connectivity index (χ3n) is 2.97. The maximum atomic E-state index is 10.9. The Morgan fingerprint density at radius 1 is 1.39 bits per heavy atom. The summed E-state index contributed by atoms with van der Waals surface area (Å²) in [6.45, 7) is 0. The van der Waals surface area contributed by atoms with Crippen molar-refractivity contribution >= 4 is 5.97 Å². The van der Waals surface area contributed by atoms with E-state index in [1.165, 1.54) is 13.2 Å². The molecule has 0 fully saturated rings. The van der Waals surface area contributed by atoms with Crippen LogP contribution in [0.3, 0.4) is 0 Å². The number of methoxy groups -OCH3 is 1. The molecule has 0 aliphatic carbocycles. The first-order valence-corrected chi connectivity index (χ1v) is 7.32. The zero-order valence-corrected chi connectivity index (χ0v) is 13.1. The van der Waals surface area contributed by atoms with Crippen molar-refractivity contribution in [2.75, 3.05) is 7.11 Å². The number of nitrogens with zero attached hydrogens (tertiary/aromatic N) is 1. The Morgan fingerprint density at radius 3 is 2.91 bits per heavy atom. The Balaban J connectivity index is 2.31. The molecular weight excluding hydrogens is 294 g/mol. The lowest BCUT2D eigenvalue weighted by Gasteiger charge is -2.13. The first-order valence-electron chi connectivity index (χ1n) is 7.32. The smallest absolute Gasteiger partial charge is 0.305 e. The second-order valence-corrected chi connectivity index (χ2v) is 4.75. The number of esters is 1. The number of carbonyl (C=O) groups is 1. The number of ether oxygens (including phenoxy) is 1. The Kier molecular flexibility index (Phi) is 9.06. The predicted molar refractivity (Wildman–Crippen MR) is 87.3 cm³/mol. The number of aliphatic hydroxyl groups excluding tert-OH is 2. The molecule has 2 N–H and O–H groups in total. The molecule has 1 rings (SSSR count). The third kappa shape index (κ3) is 8.57. The Bertz CT molecular complexity index is 584. The van der Waals surface area contributed by atoms with Gasteiger partial charge in [0.15, 0.2) is 0 Å². The standard InChI is InChI=1S/C18H21NO4/c1-23-18(22)13-8-12-17(21)16(20)11-5-3-2-4-9-15-10-6-7-14-19-15/h2-3,5-7,10-11,14,16-17,20-21H,8,12-13H2,1H3/b3-2+,11-5+/t16-,17+/m1/s1. The van der Waals surface area contributed by atoms with E-state index in [0.717, 1.165) is 0 Å². The van der Waals surface area contributed by atoms with Crippen molar-refractivity contribution in [2.45, 2.75) is 31.5 Å². The summed E-state index contributed by atoms with van der Waals surface area (Å²) in [5.74, 6) is 5.36. The largest absolute Gasteiger partial charge is 0.469 e. The van der Waals surface area contributed by atoms with Crippen molar-refractivity contribution in [3.8, 4) is 11.8 Å². The van der Waals surface area contributed by atoms with Gasteiger partial charge in [0.1, 0.15) is 5.69 Å². The fraction of sp³-hybridized carbons (Fsp3) is 0.333. The van der Waals surface area contributed by atoms with Crippen LogP contribution in [0.25, 0.3) is 0 Å². The van der Waals surface area contributed by atoms with Crippen molar-refractivity contribution in [1.29, 1.82) is 0 Å². The van der Waals surface area contributed by atoms with Gasteiger partial charge < -0.3 is 14.9 Å². The van der Waals surface area contributed by atoms with Crippen molar-refractivity contribution in [3.63, 3.8) is 0 Å². The van der Waals surface area contributed by atoms with Gasteiger partial charge in [-0.05, 0) is 37.0 Å². The lowest BCUT2D eigenvalue weighted by molar-refractivity contribution is -0.140. The molecule has 0 amide bonds. The van der Waals surface area contributed by atoms with E-state index in [0.29, 0.717) is 18.5 Å². The Morgan fingerprint density at radius 2 is 2.22 bits per heavy atom. The molecule has 1 aromatic rings. The van der Waals surface area contributed by atoms with Crippen LogP contribution in [0.2, 0.25) is 0 Å². The molecule has 1 aromatic heterocycles. The minimum Gasteiger partial charge on any atom is -0.469 e. The SMILES string of the molecule is COC(=O)CCC[C@H](O)[C@H](O)/C=C/C=C/C#Cc1ccccn1. The van der Waals surface area contributed by atoms with Crippen LogP contribution in [0.1, 0.15) is 25.0 Å². The van der Waals surface area contributed by atoms with E-state index in [1.807, 2.05) is 18.2 Å². The summed E-state index contributed by atoms with van der Waals surface area (Å²) in [6.07, 6.45) is 7.17. The van der Waals surface area contributed by atoms with E-state index in [-0.39, 0.29) is 12.4 Å². The molecule has 0 radical (unpaired) electrons. The number of carbonyl (C=O) groups excluding carboxylic acids is 1. The summed E-state index contributed by atoms with van der Waals surface area (Å²) in [5, 5.41) is 19.5. The molecule has 2 atom stereocenters. The molecule has 0 unspecified atom stereocenters.